The summed E-state index contributed by atoms with van der Waals surface area (Å²) in [6.07, 6.45) is 2.17. The van der Waals surface area contributed by atoms with Crippen LogP contribution in [0, 0.1) is 0 Å². The lowest BCUT2D eigenvalue weighted by molar-refractivity contribution is 0.660. The molecule has 0 N–H and O–H groups in total. The third-order valence-electron chi connectivity index (χ3n) is 7.05. The molecule has 0 saturated heterocycles. The van der Waals surface area contributed by atoms with Crippen molar-refractivity contribution in [3.05, 3.63) is 106 Å². The molecule has 0 nitrogen and oxygen atoms in total. The molecule has 0 atom stereocenters. The Bertz CT molecular complexity index is 1310. The molecule has 0 aromatic heterocycles. The van der Waals surface area contributed by atoms with E-state index in [9.17, 15) is 0 Å². The van der Waals surface area contributed by atoms with Crippen molar-refractivity contribution in [2.75, 3.05) is 0 Å². The molecule has 0 heterocycles. The van der Waals surface area contributed by atoms with Gasteiger partial charge in [0.1, 0.15) is 0 Å². The van der Waals surface area contributed by atoms with E-state index >= 15 is 0 Å². The molecule has 1 heteroatoms. The normalized spacial score (nSPS) is 15.2. The molecule has 0 radical (unpaired) electrons. The number of benzene rings is 4. The van der Waals surface area contributed by atoms with E-state index in [4.69, 9.17) is 11.6 Å². The Balaban J connectivity index is 1.78. The lowest BCUT2D eigenvalue weighted by atomic mass is 9.75. The molecule has 6 rings (SSSR count). The summed E-state index contributed by atoms with van der Waals surface area (Å²) >= 11 is 6.45. The van der Waals surface area contributed by atoms with Gasteiger partial charge in [0.05, 0.1) is 0 Å². The molecule has 0 saturated carbocycles. The minimum Gasteiger partial charge on any atom is -0.0843 e. The van der Waals surface area contributed by atoms with Gasteiger partial charge in [0, 0.05) is 10.4 Å². The van der Waals surface area contributed by atoms with Gasteiger partial charge in [-0.15, -0.1) is 0 Å². The van der Waals surface area contributed by atoms with Gasteiger partial charge in [0.15, 0.2) is 0 Å². The SMILES string of the molecule is CC1(C)c2cc(Cl)ccc2-c2c1cc(-c1ccccc1)c1c2-c2ccccc2CC1. The van der Waals surface area contributed by atoms with Crippen LogP contribution in [0.25, 0.3) is 33.4 Å². The van der Waals surface area contributed by atoms with Gasteiger partial charge in [-0.05, 0) is 86.7 Å². The lowest BCUT2D eigenvalue weighted by Crippen LogP contribution is -2.16. The second kappa shape index (κ2) is 6.33. The van der Waals surface area contributed by atoms with Crippen LogP contribution in [0.2, 0.25) is 5.02 Å². The minimum atomic E-state index is -0.0828. The molecule has 30 heavy (non-hydrogen) atoms. The summed E-state index contributed by atoms with van der Waals surface area (Å²) in [5.74, 6) is 0. The maximum absolute atomic E-state index is 6.45. The van der Waals surface area contributed by atoms with Crippen molar-refractivity contribution in [3.8, 4) is 33.4 Å². The molecule has 146 valence electrons. The van der Waals surface area contributed by atoms with Crippen LogP contribution in [0.3, 0.4) is 0 Å². The average Bonchev–Trinajstić information content (AvgIpc) is 3.00. The summed E-state index contributed by atoms with van der Waals surface area (Å²) in [6, 6.07) is 28.7. The third-order valence-corrected chi connectivity index (χ3v) is 7.28. The zero-order valence-electron chi connectivity index (χ0n) is 17.3. The maximum Gasteiger partial charge on any atom is 0.0409 e. The standard InChI is InChI=1S/C29H23Cl/c1-29(2)25-16-20(30)13-15-23(25)28-26(29)17-24(18-8-4-3-5-9-18)22-14-12-19-10-6-7-11-21(19)27(22)28/h3-11,13,15-17H,12,14H2,1-2H3. The van der Waals surface area contributed by atoms with Crippen molar-refractivity contribution in [2.45, 2.75) is 32.1 Å². The molecule has 0 fully saturated rings. The first-order valence-corrected chi connectivity index (χ1v) is 11.1. The monoisotopic (exact) mass is 406 g/mol. The van der Waals surface area contributed by atoms with Crippen LogP contribution < -0.4 is 0 Å². The molecule has 2 aliphatic carbocycles. The maximum atomic E-state index is 6.45. The molecule has 2 aliphatic rings. The van der Waals surface area contributed by atoms with Gasteiger partial charge in [0.2, 0.25) is 0 Å². The Kier molecular flexibility index (Phi) is 3.80. The molecule has 4 aromatic carbocycles. The van der Waals surface area contributed by atoms with E-state index in [0.29, 0.717) is 0 Å². The van der Waals surface area contributed by atoms with Crippen molar-refractivity contribution in [1.82, 2.24) is 0 Å². The molecule has 4 aromatic rings. The summed E-state index contributed by atoms with van der Waals surface area (Å²) in [4.78, 5) is 0. The number of fused-ring (bicyclic) bond motifs is 7. The van der Waals surface area contributed by atoms with Gasteiger partial charge in [-0.25, -0.2) is 0 Å². The predicted molar refractivity (Wildman–Crippen MR) is 127 cm³/mol. The highest BCUT2D eigenvalue weighted by atomic mass is 35.5. The predicted octanol–water partition coefficient (Wildman–Crippen LogP) is 8.08. The second-order valence-corrected chi connectivity index (χ2v) is 9.47. The molecule has 0 amide bonds. The van der Waals surface area contributed by atoms with E-state index in [1.165, 1.54) is 55.6 Å². The molecular formula is C29H23Cl. The molecule has 0 spiro atoms. The largest absolute Gasteiger partial charge is 0.0843 e. The number of hydrogen-bond acceptors (Lipinski definition) is 0. The molecular weight excluding hydrogens is 384 g/mol. The Morgan fingerprint density at radius 3 is 2.27 bits per heavy atom. The fourth-order valence-electron chi connectivity index (χ4n) is 5.57. The highest BCUT2D eigenvalue weighted by Gasteiger charge is 2.39. The Hall–Kier alpha value is -2.83. The summed E-state index contributed by atoms with van der Waals surface area (Å²) in [7, 11) is 0. The zero-order chi connectivity index (χ0) is 20.5. The smallest absolute Gasteiger partial charge is 0.0409 e. The fourth-order valence-corrected chi connectivity index (χ4v) is 5.74. The van der Waals surface area contributed by atoms with Crippen LogP contribution in [0.1, 0.15) is 36.1 Å². The van der Waals surface area contributed by atoms with Gasteiger partial charge in [-0.2, -0.15) is 0 Å². The Labute approximate surface area is 183 Å². The van der Waals surface area contributed by atoms with E-state index in [2.05, 4.69) is 86.6 Å². The summed E-state index contributed by atoms with van der Waals surface area (Å²) in [5.41, 5.74) is 13.9. The van der Waals surface area contributed by atoms with Crippen molar-refractivity contribution in [2.24, 2.45) is 0 Å². The first-order valence-electron chi connectivity index (χ1n) is 10.7. The Morgan fingerprint density at radius 1 is 0.667 bits per heavy atom. The van der Waals surface area contributed by atoms with Gasteiger partial charge < -0.3 is 0 Å². The van der Waals surface area contributed by atoms with Crippen molar-refractivity contribution in [1.29, 1.82) is 0 Å². The number of aryl methyl sites for hydroxylation is 1. The number of halogens is 1. The third kappa shape index (κ3) is 2.41. The number of hydrogen-bond donors (Lipinski definition) is 0. The van der Waals surface area contributed by atoms with E-state index in [1.54, 1.807) is 0 Å². The van der Waals surface area contributed by atoms with E-state index in [-0.39, 0.29) is 5.41 Å². The van der Waals surface area contributed by atoms with Crippen molar-refractivity contribution in [3.63, 3.8) is 0 Å². The quantitative estimate of drug-likeness (QED) is 0.299. The summed E-state index contributed by atoms with van der Waals surface area (Å²) in [5, 5.41) is 0.812. The lowest BCUT2D eigenvalue weighted by Gasteiger charge is -2.28. The van der Waals surface area contributed by atoms with E-state index < -0.39 is 0 Å². The van der Waals surface area contributed by atoms with Gasteiger partial charge >= 0.3 is 0 Å². The first kappa shape index (κ1) is 18.0. The Morgan fingerprint density at radius 2 is 1.43 bits per heavy atom. The van der Waals surface area contributed by atoms with Crippen molar-refractivity contribution < 1.29 is 0 Å². The second-order valence-electron chi connectivity index (χ2n) is 9.04. The highest BCUT2D eigenvalue weighted by molar-refractivity contribution is 6.30. The number of rotatable bonds is 1. The average molecular weight is 407 g/mol. The first-order chi connectivity index (χ1) is 14.6. The van der Waals surface area contributed by atoms with Gasteiger partial charge in [0.25, 0.3) is 0 Å². The zero-order valence-corrected chi connectivity index (χ0v) is 18.1. The van der Waals surface area contributed by atoms with Gasteiger partial charge in [-0.1, -0.05) is 86.1 Å². The van der Waals surface area contributed by atoms with Crippen molar-refractivity contribution >= 4 is 11.6 Å². The van der Waals surface area contributed by atoms with Crippen LogP contribution in [0.4, 0.5) is 0 Å². The van der Waals surface area contributed by atoms with E-state index in [0.717, 1.165) is 17.9 Å². The highest BCUT2D eigenvalue weighted by Crippen LogP contribution is 2.56. The molecule has 0 aliphatic heterocycles. The minimum absolute atomic E-state index is 0.0828. The van der Waals surface area contributed by atoms with Crippen LogP contribution in [0.5, 0.6) is 0 Å². The van der Waals surface area contributed by atoms with Crippen LogP contribution in [-0.2, 0) is 18.3 Å². The topological polar surface area (TPSA) is 0 Å². The fraction of sp³-hybridized carbons (Fsp3) is 0.172. The van der Waals surface area contributed by atoms with E-state index in [1.807, 2.05) is 6.07 Å². The molecule has 0 bridgehead atoms. The van der Waals surface area contributed by atoms with Crippen LogP contribution in [-0.4, -0.2) is 0 Å². The molecule has 0 unspecified atom stereocenters. The summed E-state index contributed by atoms with van der Waals surface area (Å²) in [6.45, 7) is 4.67. The van der Waals surface area contributed by atoms with Crippen LogP contribution >= 0.6 is 11.6 Å². The summed E-state index contributed by atoms with van der Waals surface area (Å²) < 4.78 is 0. The van der Waals surface area contributed by atoms with Gasteiger partial charge in [-0.3, -0.25) is 0 Å². The van der Waals surface area contributed by atoms with Crippen LogP contribution in [0.15, 0.2) is 78.9 Å².